The van der Waals surface area contributed by atoms with Gasteiger partial charge in [-0.3, -0.25) is 24.2 Å². The zero-order valence-corrected chi connectivity index (χ0v) is 22.9. The number of amides is 1. The SMILES string of the molecule is Cc1c2n(ccc1=O)N(C1C3=C(C=CCC3)CCc3ccccc31)CN(C(C)CN1CCN(C)CC1)C2=O. The molecule has 2 atom stereocenters. The minimum absolute atomic E-state index is 0.0146. The van der Waals surface area contributed by atoms with E-state index >= 15 is 0 Å². The Morgan fingerprint density at radius 1 is 1.00 bits per heavy atom. The second kappa shape index (κ2) is 10.2. The minimum atomic E-state index is -0.0834. The number of carbonyl (C=O) groups is 1. The number of hydrogen-bond acceptors (Lipinski definition) is 5. The molecule has 4 aliphatic rings. The molecule has 7 nitrogen and oxygen atoms in total. The van der Waals surface area contributed by atoms with Gasteiger partial charge in [0, 0.05) is 56.6 Å². The van der Waals surface area contributed by atoms with Crippen molar-refractivity contribution in [1.82, 2.24) is 19.4 Å². The number of hydrogen-bond donors (Lipinski definition) is 0. The number of aryl methyl sites for hydroxylation is 1. The fourth-order valence-electron chi connectivity index (χ4n) is 6.69. The van der Waals surface area contributed by atoms with E-state index in [2.05, 4.69) is 65.2 Å². The second-order valence-corrected chi connectivity index (χ2v) is 11.4. The number of pyridine rings is 1. The molecule has 0 spiro atoms. The van der Waals surface area contributed by atoms with Gasteiger partial charge in [0.25, 0.3) is 5.91 Å². The molecule has 0 bridgehead atoms. The smallest absolute Gasteiger partial charge is 0.274 e. The topological polar surface area (TPSA) is 52.0 Å². The summed E-state index contributed by atoms with van der Waals surface area (Å²) in [5.74, 6) is -0.0438. The summed E-state index contributed by atoms with van der Waals surface area (Å²) in [6, 6.07) is 10.4. The normalized spacial score (nSPS) is 23.1. The molecular weight excluding hydrogens is 474 g/mol. The summed E-state index contributed by atoms with van der Waals surface area (Å²) < 4.78 is 1.99. The van der Waals surface area contributed by atoms with Gasteiger partial charge < -0.3 is 9.80 Å². The van der Waals surface area contributed by atoms with Gasteiger partial charge in [-0.2, -0.15) is 0 Å². The maximum atomic E-state index is 14.0. The lowest BCUT2D eigenvalue weighted by Crippen LogP contribution is -2.60. The predicted molar refractivity (Wildman–Crippen MR) is 151 cm³/mol. The maximum Gasteiger partial charge on any atom is 0.274 e. The highest BCUT2D eigenvalue weighted by molar-refractivity contribution is 5.95. The Balaban J connectivity index is 1.45. The molecule has 1 fully saturated rings. The minimum Gasteiger partial charge on any atom is -0.314 e. The number of benzene rings is 1. The quantitative estimate of drug-likeness (QED) is 0.627. The van der Waals surface area contributed by atoms with Gasteiger partial charge in [0.2, 0.25) is 0 Å². The first kappa shape index (κ1) is 25.1. The van der Waals surface area contributed by atoms with Crippen molar-refractivity contribution in [3.63, 3.8) is 0 Å². The van der Waals surface area contributed by atoms with Crippen LogP contribution in [0, 0.1) is 6.92 Å². The van der Waals surface area contributed by atoms with Gasteiger partial charge in [-0.1, -0.05) is 36.4 Å². The predicted octanol–water partition coefficient (Wildman–Crippen LogP) is 3.48. The van der Waals surface area contributed by atoms with Gasteiger partial charge in [0.15, 0.2) is 5.43 Å². The van der Waals surface area contributed by atoms with E-state index in [0.29, 0.717) is 17.9 Å². The molecule has 1 aromatic heterocycles. The van der Waals surface area contributed by atoms with Crippen molar-refractivity contribution >= 4 is 5.91 Å². The molecular formula is C31H39N5O2. The molecule has 6 rings (SSSR count). The third-order valence-electron chi connectivity index (χ3n) is 8.96. The Morgan fingerprint density at radius 2 is 1.79 bits per heavy atom. The molecule has 7 heteroatoms. The van der Waals surface area contributed by atoms with Crippen LogP contribution in [0.15, 0.2) is 64.6 Å². The molecule has 3 heterocycles. The fraction of sp³-hybridized carbons (Fsp3) is 0.484. The van der Waals surface area contributed by atoms with Crippen LogP contribution in [-0.2, 0) is 6.42 Å². The van der Waals surface area contributed by atoms with Crippen LogP contribution in [0.4, 0.5) is 0 Å². The molecule has 0 saturated carbocycles. The maximum absolute atomic E-state index is 14.0. The lowest BCUT2D eigenvalue weighted by Gasteiger charge is -2.47. The van der Waals surface area contributed by atoms with Crippen molar-refractivity contribution in [2.75, 3.05) is 51.4 Å². The highest BCUT2D eigenvalue weighted by atomic mass is 16.2. The van der Waals surface area contributed by atoms with E-state index in [9.17, 15) is 9.59 Å². The molecule has 2 unspecified atom stereocenters. The Kier molecular flexibility index (Phi) is 6.74. The van der Waals surface area contributed by atoms with Crippen molar-refractivity contribution < 1.29 is 4.79 Å². The van der Waals surface area contributed by atoms with E-state index < -0.39 is 0 Å². The van der Waals surface area contributed by atoms with Crippen molar-refractivity contribution in [1.29, 1.82) is 0 Å². The standard InChI is InChI=1S/C31H39N5O2/c1-22(20-33-18-16-32(3)17-19-33)34-21-36(35-15-14-28(37)23(2)29(35)31(34)38)30-26-10-6-4-8-24(26)12-13-25-9-5-7-11-27(25)30/h4-6,8-10,14-15,22,30H,7,11-13,16-21H2,1-3H3. The van der Waals surface area contributed by atoms with Gasteiger partial charge >= 0.3 is 0 Å². The van der Waals surface area contributed by atoms with Crippen LogP contribution in [0.3, 0.4) is 0 Å². The van der Waals surface area contributed by atoms with Crippen LogP contribution in [0.5, 0.6) is 0 Å². The summed E-state index contributed by atoms with van der Waals surface area (Å²) in [6.45, 7) is 9.41. The summed E-state index contributed by atoms with van der Waals surface area (Å²) in [5.41, 5.74) is 6.50. The first-order valence-corrected chi connectivity index (χ1v) is 14.1. The zero-order valence-electron chi connectivity index (χ0n) is 22.9. The lowest BCUT2D eigenvalue weighted by molar-refractivity contribution is 0.0523. The van der Waals surface area contributed by atoms with E-state index in [0.717, 1.165) is 58.4 Å². The van der Waals surface area contributed by atoms with E-state index in [1.54, 1.807) is 13.0 Å². The summed E-state index contributed by atoms with van der Waals surface area (Å²) in [5, 5.41) is 2.35. The molecule has 2 aliphatic heterocycles. The molecule has 200 valence electrons. The lowest BCUT2D eigenvalue weighted by atomic mass is 9.88. The monoisotopic (exact) mass is 513 g/mol. The number of allylic oxidation sites excluding steroid dienone is 3. The number of rotatable bonds is 4. The zero-order chi connectivity index (χ0) is 26.4. The van der Waals surface area contributed by atoms with Crippen LogP contribution >= 0.6 is 0 Å². The van der Waals surface area contributed by atoms with Crippen LogP contribution in [0.25, 0.3) is 0 Å². The molecule has 2 aromatic rings. The van der Waals surface area contributed by atoms with E-state index in [4.69, 9.17) is 0 Å². The average molecular weight is 514 g/mol. The van der Waals surface area contributed by atoms with Crippen LogP contribution in [0.2, 0.25) is 0 Å². The molecule has 1 saturated heterocycles. The number of carbonyl (C=O) groups excluding carboxylic acids is 1. The van der Waals surface area contributed by atoms with Gasteiger partial charge in [0.1, 0.15) is 12.4 Å². The summed E-state index contributed by atoms with van der Waals surface area (Å²) in [6.07, 6.45) is 10.5. The van der Waals surface area contributed by atoms with Gasteiger partial charge in [-0.05, 0) is 68.9 Å². The largest absolute Gasteiger partial charge is 0.314 e. The Hall–Kier alpha value is -3.16. The molecule has 0 N–H and O–H groups in total. The second-order valence-electron chi connectivity index (χ2n) is 11.4. The molecule has 38 heavy (non-hydrogen) atoms. The number of aromatic nitrogens is 1. The first-order chi connectivity index (χ1) is 18.4. The highest BCUT2D eigenvalue weighted by Gasteiger charge is 2.40. The van der Waals surface area contributed by atoms with Crippen molar-refractivity contribution in [2.45, 2.75) is 51.6 Å². The number of nitrogens with zero attached hydrogens (tertiary/aromatic N) is 5. The van der Waals surface area contributed by atoms with Gasteiger partial charge in [-0.15, -0.1) is 0 Å². The molecule has 1 amide bonds. The molecule has 1 aromatic carbocycles. The first-order valence-electron chi connectivity index (χ1n) is 14.1. The summed E-state index contributed by atoms with van der Waals surface area (Å²) in [7, 11) is 2.16. The van der Waals surface area contributed by atoms with E-state index in [1.165, 1.54) is 22.3 Å². The Bertz CT molecular complexity index is 1350. The number of fused-ring (bicyclic) bond motifs is 2. The highest BCUT2D eigenvalue weighted by Crippen LogP contribution is 2.42. The third kappa shape index (κ3) is 4.41. The molecule has 0 radical (unpaired) electrons. The molecule has 2 aliphatic carbocycles. The number of likely N-dealkylation sites (N-methyl/N-ethyl adjacent to an activating group) is 1. The van der Waals surface area contributed by atoms with E-state index in [1.807, 2.05) is 15.8 Å². The summed E-state index contributed by atoms with van der Waals surface area (Å²) in [4.78, 5) is 33.7. The van der Waals surface area contributed by atoms with Crippen molar-refractivity contribution in [3.8, 4) is 0 Å². The van der Waals surface area contributed by atoms with Gasteiger partial charge in [0.05, 0.1) is 6.04 Å². The Morgan fingerprint density at radius 3 is 2.61 bits per heavy atom. The Labute approximate surface area is 225 Å². The van der Waals surface area contributed by atoms with Crippen LogP contribution in [0.1, 0.15) is 59.4 Å². The van der Waals surface area contributed by atoms with Crippen molar-refractivity contribution in [2.24, 2.45) is 0 Å². The van der Waals surface area contributed by atoms with Gasteiger partial charge in [-0.25, -0.2) is 0 Å². The van der Waals surface area contributed by atoms with Crippen LogP contribution in [-0.4, -0.2) is 77.8 Å². The fourth-order valence-corrected chi connectivity index (χ4v) is 6.69. The van der Waals surface area contributed by atoms with E-state index in [-0.39, 0.29) is 23.4 Å². The third-order valence-corrected chi connectivity index (χ3v) is 8.96. The average Bonchev–Trinajstić information content (AvgIpc) is 3.09. The summed E-state index contributed by atoms with van der Waals surface area (Å²) >= 11 is 0. The van der Waals surface area contributed by atoms with Crippen molar-refractivity contribution in [3.05, 3.63) is 92.4 Å². The number of piperazine rings is 1. The van der Waals surface area contributed by atoms with Crippen LogP contribution < -0.4 is 10.4 Å².